The molecule has 2 aromatic heterocycles. The first-order chi connectivity index (χ1) is 18.2. The zero-order chi connectivity index (χ0) is 25.5. The van der Waals surface area contributed by atoms with Crippen LogP contribution >= 0.6 is 0 Å². The molecule has 2 aliphatic heterocycles. The molecule has 0 radical (unpaired) electrons. The molecule has 9 nitrogen and oxygen atoms in total. The molecule has 0 unspecified atom stereocenters. The van der Waals surface area contributed by atoms with Crippen molar-refractivity contribution in [2.75, 3.05) is 49.1 Å². The van der Waals surface area contributed by atoms with Crippen molar-refractivity contribution in [3.63, 3.8) is 0 Å². The summed E-state index contributed by atoms with van der Waals surface area (Å²) in [5.41, 5.74) is 1.52. The lowest BCUT2D eigenvalue weighted by Gasteiger charge is -2.31. The van der Waals surface area contributed by atoms with E-state index in [1.54, 1.807) is 12.1 Å². The van der Waals surface area contributed by atoms with Crippen LogP contribution in [0.3, 0.4) is 0 Å². The summed E-state index contributed by atoms with van der Waals surface area (Å²) in [5, 5.41) is 11.6. The fraction of sp³-hybridized carbons (Fsp3) is 0.444. The number of anilines is 2. The molecule has 1 amide bonds. The van der Waals surface area contributed by atoms with Gasteiger partial charge in [-0.05, 0) is 68.5 Å². The average molecular weight is 506 g/mol. The predicted octanol–water partition coefficient (Wildman–Crippen LogP) is 3.47. The number of hydrogen-bond acceptors (Lipinski definition) is 8. The Hall–Kier alpha value is -3.82. The van der Waals surface area contributed by atoms with E-state index in [2.05, 4.69) is 35.3 Å². The number of nitrogens with zero attached hydrogens (tertiary/aromatic N) is 6. The highest BCUT2D eigenvalue weighted by atomic mass is 19.1. The van der Waals surface area contributed by atoms with Crippen molar-refractivity contribution in [2.45, 2.75) is 32.1 Å². The maximum Gasteiger partial charge on any atom is 0.223 e. The van der Waals surface area contributed by atoms with Crippen molar-refractivity contribution >= 4 is 17.5 Å². The number of ether oxygens (including phenoxy) is 1. The molecule has 194 valence electrons. The summed E-state index contributed by atoms with van der Waals surface area (Å²) >= 11 is 0. The van der Waals surface area contributed by atoms with E-state index in [0.717, 1.165) is 56.2 Å². The second-order valence-electron chi connectivity index (χ2n) is 9.45. The van der Waals surface area contributed by atoms with Crippen LogP contribution < -0.4 is 19.9 Å². The smallest absolute Gasteiger partial charge is 0.223 e. The van der Waals surface area contributed by atoms with Gasteiger partial charge in [0, 0.05) is 43.7 Å². The molecule has 1 aromatic carbocycles. The first kappa shape index (κ1) is 24.9. The van der Waals surface area contributed by atoms with Gasteiger partial charge in [0.2, 0.25) is 11.8 Å². The van der Waals surface area contributed by atoms with E-state index >= 15 is 0 Å². The van der Waals surface area contributed by atoms with E-state index in [4.69, 9.17) is 4.74 Å². The third-order valence-corrected chi connectivity index (χ3v) is 6.94. The minimum atomic E-state index is -0.277. The first-order valence-corrected chi connectivity index (χ1v) is 13.0. The van der Waals surface area contributed by atoms with Crippen LogP contribution in [-0.4, -0.2) is 65.4 Å². The van der Waals surface area contributed by atoms with E-state index in [1.165, 1.54) is 37.7 Å². The van der Waals surface area contributed by atoms with Gasteiger partial charge in [0.15, 0.2) is 5.82 Å². The molecule has 0 saturated carbocycles. The monoisotopic (exact) mass is 505 g/mol. The van der Waals surface area contributed by atoms with E-state index in [0.29, 0.717) is 24.7 Å². The molecule has 3 aromatic rings. The topological polar surface area (TPSA) is 96.4 Å². The molecular weight excluding hydrogens is 473 g/mol. The summed E-state index contributed by atoms with van der Waals surface area (Å²) in [6.07, 6.45) is 6.67. The molecule has 37 heavy (non-hydrogen) atoms. The van der Waals surface area contributed by atoms with Crippen molar-refractivity contribution < 1.29 is 13.9 Å². The number of piperidine rings is 2. The van der Waals surface area contributed by atoms with Gasteiger partial charge in [-0.3, -0.25) is 4.79 Å². The van der Waals surface area contributed by atoms with Crippen molar-refractivity contribution in [3.05, 3.63) is 54.6 Å². The number of carbonyl (C=O) groups excluding carboxylic acids is 1. The van der Waals surface area contributed by atoms with Crippen molar-refractivity contribution in [1.29, 1.82) is 0 Å². The Balaban J connectivity index is 1.03. The molecule has 0 atom stereocenters. The highest BCUT2D eigenvalue weighted by molar-refractivity contribution is 5.79. The van der Waals surface area contributed by atoms with E-state index in [-0.39, 0.29) is 17.6 Å². The van der Waals surface area contributed by atoms with Gasteiger partial charge < -0.3 is 19.9 Å². The largest absolute Gasteiger partial charge is 0.476 e. The van der Waals surface area contributed by atoms with Gasteiger partial charge in [-0.15, -0.1) is 10.2 Å². The minimum Gasteiger partial charge on any atom is -0.476 e. The van der Waals surface area contributed by atoms with Crippen LogP contribution in [0.4, 0.5) is 16.0 Å². The van der Waals surface area contributed by atoms with Crippen LogP contribution in [0, 0.1) is 11.7 Å². The Morgan fingerprint density at radius 2 is 1.68 bits per heavy atom. The standard InChI is InChI=1S/C27H32FN7O2/c28-22-6-4-20(5-7-22)23-8-9-24(33-32-23)35-15-10-21(11-16-35)27(36)29-12-17-37-26-18-25(30-19-31-26)34-13-2-1-3-14-34/h4-9,18-19,21H,1-3,10-17H2,(H,29,36). The number of rotatable bonds is 8. The third kappa shape index (κ3) is 6.49. The second kappa shape index (κ2) is 11.9. The molecule has 5 rings (SSSR count). The minimum absolute atomic E-state index is 0.0348. The molecule has 4 heterocycles. The lowest BCUT2D eigenvalue weighted by atomic mass is 9.96. The Bertz CT molecular complexity index is 1160. The number of carbonyl (C=O) groups is 1. The van der Waals surface area contributed by atoms with Crippen LogP contribution in [0.25, 0.3) is 11.3 Å². The maximum atomic E-state index is 13.1. The Morgan fingerprint density at radius 3 is 2.41 bits per heavy atom. The third-order valence-electron chi connectivity index (χ3n) is 6.94. The number of amides is 1. The predicted molar refractivity (Wildman–Crippen MR) is 139 cm³/mol. The number of benzene rings is 1. The van der Waals surface area contributed by atoms with Crippen LogP contribution in [0.5, 0.6) is 5.88 Å². The van der Waals surface area contributed by atoms with E-state index < -0.39 is 0 Å². The van der Waals surface area contributed by atoms with E-state index in [1.807, 2.05) is 18.2 Å². The van der Waals surface area contributed by atoms with Crippen LogP contribution in [0.2, 0.25) is 0 Å². The van der Waals surface area contributed by atoms with Crippen molar-refractivity contribution in [1.82, 2.24) is 25.5 Å². The number of halogens is 1. The summed E-state index contributed by atoms with van der Waals surface area (Å²) in [4.78, 5) is 25.6. The van der Waals surface area contributed by atoms with Gasteiger partial charge in [-0.2, -0.15) is 0 Å². The molecule has 10 heteroatoms. The molecule has 2 fully saturated rings. The summed E-state index contributed by atoms with van der Waals surface area (Å²) < 4.78 is 18.9. The van der Waals surface area contributed by atoms with Gasteiger partial charge >= 0.3 is 0 Å². The highest BCUT2D eigenvalue weighted by Crippen LogP contribution is 2.24. The first-order valence-electron chi connectivity index (χ1n) is 13.0. The molecule has 0 spiro atoms. The van der Waals surface area contributed by atoms with Gasteiger partial charge in [-0.1, -0.05) is 0 Å². The normalized spacial score (nSPS) is 16.5. The Labute approximate surface area is 216 Å². The molecule has 1 N–H and O–H groups in total. The maximum absolute atomic E-state index is 13.1. The SMILES string of the molecule is O=C(NCCOc1cc(N2CCCCC2)ncn1)C1CCN(c2ccc(-c3ccc(F)cc3)nn2)CC1. The Kier molecular flexibility index (Phi) is 8.02. The highest BCUT2D eigenvalue weighted by Gasteiger charge is 2.25. The van der Waals surface area contributed by atoms with Crippen molar-refractivity contribution in [2.24, 2.45) is 5.92 Å². The van der Waals surface area contributed by atoms with Gasteiger partial charge in [0.05, 0.1) is 12.2 Å². The number of hydrogen-bond donors (Lipinski definition) is 1. The van der Waals surface area contributed by atoms with Crippen LogP contribution in [0.15, 0.2) is 48.8 Å². The van der Waals surface area contributed by atoms with Gasteiger partial charge in [0.1, 0.15) is 24.6 Å². The fourth-order valence-corrected chi connectivity index (χ4v) is 4.82. The Morgan fingerprint density at radius 1 is 0.919 bits per heavy atom. The van der Waals surface area contributed by atoms with Crippen LogP contribution in [0.1, 0.15) is 32.1 Å². The zero-order valence-electron chi connectivity index (χ0n) is 20.9. The molecule has 2 aliphatic rings. The number of nitrogens with one attached hydrogen (secondary N) is 1. The summed E-state index contributed by atoms with van der Waals surface area (Å²) in [7, 11) is 0. The lowest BCUT2D eigenvalue weighted by Crippen LogP contribution is -2.41. The molecule has 0 aliphatic carbocycles. The molecule has 2 saturated heterocycles. The number of aromatic nitrogens is 4. The quantitative estimate of drug-likeness (QED) is 0.465. The molecule has 0 bridgehead atoms. The summed E-state index contributed by atoms with van der Waals surface area (Å²) in [6, 6.07) is 11.9. The van der Waals surface area contributed by atoms with Gasteiger partial charge in [-0.25, -0.2) is 14.4 Å². The zero-order valence-corrected chi connectivity index (χ0v) is 20.9. The van der Waals surface area contributed by atoms with Crippen molar-refractivity contribution in [3.8, 4) is 17.1 Å². The van der Waals surface area contributed by atoms with E-state index in [9.17, 15) is 9.18 Å². The summed E-state index contributed by atoms with van der Waals surface area (Å²) in [5.74, 6) is 1.96. The second-order valence-corrected chi connectivity index (χ2v) is 9.45. The van der Waals surface area contributed by atoms with Crippen LogP contribution in [-0.2, 0) is 4.79 Å². The van der Waals surface area contributed by atoms with Gasteiger partial charge in [0.25, 0.3) is 0 Å². The lowest BCUT2D eigenvalue weighted by molar-refractivity contribution is -0.125. The summed E-state index contributed by atoms with van der Waals surface area (Å²) in [6.45, 7) is 4.28. The molecular formula is C27H32FN7O2. The average Bonchev–Trinajstić information content (AvgIpc) is 2.96. The fourth-order valence-electron chi connectivity index (χ4n) is 4.82.